The number of piperidine rings is 1. The van der Waals surface area contributed by atoms with Gasteiger partial charge in [-0.05, 0) is 81.3 Å². The van der Waals surface area contributed by atoms with Crippen molar-refractivity contribution in [1.29, 1.82) is 0 Å². The van der Waals surface area contributed by atoms with Gasteiger partial charge in [0.1, 0.15) is 18.0 Å². The number of rotatable bonds is 16. The van der Waals surface area contributed by atoms with Crippen LogP contribution in [-0.2, 0) is 36.9 Å². The molecule has 2 aliphatic rings. The van der Waals surface area contributed by atoms with Crippen LogP contribution in [0.25, 0.3) is 10.4 Å². The molecule has 0 spiro atoms. The first kappa shape index (κ1) is 37.3. The molecular formula is C36H53N5O7. The number of amides is 1. The lowest BCUT2D eigenvalue weighted by atomic mass is 9.78. The summed E-state index contributed by atoms with van der Waals surface area (Å²) < 4.78 is 35.1. The quantitative estimate of drug-likeness (QED) is 0.0837. The molecule has 0 N–H and O–H groups in total. The number of carbonyl (C=O) groups is 1. The first-order valence-corrected chi connectivity index (χ1v) is 17.0. The van der Waals surface area contributed by atoms with E-state index >= 15 is 0 Å². The average Bonchev–Trinajstić information content (AvgIpc) is 3.06. The molecular weight excluding hydrogens is 614 g/mol. The standard InChI is InChI=1S/C36H53N5O7/c1-7-45-26(2)23-44-24-27-9-12-29(13-10-27)34-30(20-38-39-37)21-41(35(42)48-36(3,4)5)22-33(34)47-25-28-11-14-32-31(19-28)40(16-18-46-32)15-8-17-43-6/h9-14,19,26,30,33-34H,7-8,15-18,20-25H2,1-6H3/t26-,30-,33+,34+/m1/s1. The van der Waals surface area contributed by atoms with Gasteiger partial charge in [0.2, 0.25) is 0 Å². The monoisotopic (exact) mass is 667 g/mol. The number of benzene rings is 2. The number of hydrogen-bond acceptors (Lipinski definition) is 9. The van der Waals surface area contributed by atoms with Gasteiger partial charge in [-0.25, -0.2) is 4.79 Å². The van der Waals surface area contributed by atoms with Crippen LogP contribution >= 0.6 is 0 Å². The number of anilines is 1. The third-order valence-electron chi connectivity index (χ3n) is 8.46. The van der Waals surface area contributed by atoms with E-state index in [1.165, 1.54) is 0 Å². The first-order chi connectivity index (χ1) is 23.1. The van der Waals surface area contributed by atoms with Crippen molar-refractivity contribution in [2.24, 2.45) is 11.0 Å². The van der Waals surface area contributed by atoms with Crippen LogP contribution in [-0.4, -0.2) is 95.1 Å². The predicted octanol–water partition coefficient (Wildman–Crippen LogP) is 6.71. The third kappa shape index (κ3) is 11.0. The van der Waals surface area contributed by atoms with Gasteiger partial charge >= 0.3 is 6.09 Å². The predicted molar refractivity (Wildman–Crippen MR) is 184 cm³/mol. The molecule has 0 saturated carbocycles. The molecule has 12 heteroatoms. The Bertz CT molecular complexity index is 1350. The van der Waals surface area contributed by atoms with Gasteiger partial charge in [0.25, 0.3) is 0 Å². The number of methoxy groups -OCH3 is 1. The van der Waals surface area contributed by atoms with Crippen molar-refractivity contribution in [3.05, 3.63) is 69.6 Å². The normalized spacial score (nSPS) is 20.0. The molecule has 0 radical (unpaired) electrons. The summed E-state index contributed by atoms with van der Waals surface area (Å²) in [6.45, 7) is 15.5. The van der Waals surface area contributed by atoms with Gasteiger partial charge < -0.3 is 38.2 Å². The van der Waals surface area contributed by atoms with Gasteiger partial charge in [0, 0.05) is 50.8 Å². The summed E-state index contributed by atoms with van der Waals surface area (Å²) in [7, 11) is 1.72. The first-order valence-electron chi connectivity index (χ1n) is 17.0. The highest BCUT2D eigenvalue weighted by molar-refractivity contribution is 5.68. The highest BCUT2D eigenvalue weighted by atomic mass is 16.6. The van der Waals surface area contributed by atoms with E-state index in [1.54, 1.807) is 12.0 Å². The van der Waals surface area contributed by atoms with Gasteiger partial charge in [0.15, 0.2) is 0 Å². The zero-order valence-corrected chi connectivity index (χ0v) is 29.4. The molecule has 1 saturated heterocycles. The van der Waals surface area contributed by atoms with Crippen molar-refractivity contribution in [3.8, 4) is 5.75 Å². The molecule has 264 valence electrons. The molecule has 0 aromatic heterocycles. The van der Waals surface area contributed by atoms with Crippen molar-refractivity contribution < 1.29 is 33.2 Å². The van der Waals surface area contributed by atoms with Crippen LogP contribution in [0.2, 0.25) is 0 Å². The summed E-state index contributed by atoms with van der Waals surface area (Å²) in [6.07, 6.45) is 0.159. The third-order valence-corrected chi connectivity index (χ3v) is 8.46. The summed E-state index contributed by atoms with van der Waals surface area (Å²) in [4.78, 5) is 20.4. The second kappa shape index (κ2) is 18.3. The van der Waals surface area contributed by atoms with Crippen LogP contribution in [0, 0.1) is 5.92 Å². The number of carbonyl (C=O) groups excluding carboxylic acids is 1. The highest BCUT2D eigenvalue weighted by Gasteiger charge is 2.41. The second-order valence-corrected chi connectivity index (χ2v) is 13.4. The molecule has 1 fully saturated rings. The van der Waals surface area contributed by atoms with Gasteiger partial charge in [0.05, 0.1) is 50.8 Å². The maximum atomic E-state index is 13.3. The Morgan fingerprint density at radius 2 is 1.90 bits per heavy atom. The minimum Gasteiger partial charge on any atom is -0.490 e. The van der Waals surface area contributed by atoms with Crippen LogP contribution in [0.1, 0.15) is 63.6 Å². The highest BCUT2D eigenvalue weighted by Crippen LogP contribution is 2.38. The Kier molecular flexibility index (Phi) is 14.2. The molecule has 0 unspecified atom stereocenters. The Labute approximate surface area is 285 Å². The molecule has 1 amide bonds. The number of azide groups is 1. The minimum atomic E-state index is -0.650. The lowest BCUT2D eigenvalue weighted by molar-refractivity contribution is -0.0514. The van der Waals surface area contributed by atoms with Crippen LogP contribution < -0.4 is 9.64 Å². The van der Waals surface area contributed by atoms with Gasteiger partial charge in [-0.15, -0.1) is 0 Å². The number of ether oxygens (including phenoxy) is 6. The maximum Gasteiger partial charge on any atom is 0.410 e. The Hall–Kier alpha value is -3.54. The molecule has 0 bridgehead atoms. The number of hydrogen-bond donors (Lipinski definition) is 0. The van der Waals surface area contributed by atoms with Gasteiger partial charge in [-0.3, -0.25) is 0 Å². The fourth-order valence-electron chi connectivity index (χ4n) is 6.29. The average molecular weight is 668 g/mol. The second-order valence-electron chi connectivity index (χ2n) is 13.4. The van der Waals surface area contributed by atoms with Crippen molar-refractivity contribution in [3.63, 3.8) is 0 Å². The molecule has 0 aliphatic carbocycles. The fraction of sp³-hybridized carbons (Fsp3) is 0.639. The Morgan fingerprint density at radius 3 is 2.60 bits per heavy atom. The number of likely N-dealkylation sites (tertiary alicyclic amines) is 1. The summed E-state index contributed by atoms with van der Waals surface area (Å²) in [5.74, 6) is 0.545. The van der Waals surface area contributed by atoms with Crippen molar-refractivity contribution >= 4 is 11.8 Å². The summed E-state index contributed by atoms with van der Waals surface area (Å²) in [5.41, 5.74) is 12.8. The lowest BCUT2D eigenvalue weighted by Crippen LogP contribution is -2.53. The lowest BCUT2D eigenvalue weighted by Gasteiger charge is -2.43. The minimum absolute atomic E-state index is 0.0326. The van der Waals surface area contributed by atoms with Gasteiger partial charge in [-0.2, -0.15) is 0 Å². The molecule has 2 aliphatic heterocycles. The fourth-order valence-corrected chi connectivity index (χ4v) is 6.29. The Balaban J connectivity index is 1.57. The van der Waals surface area contributed by atoms with Crippen LogP contribution in [0.15, 0.2) is 47.6 Å². The number of nitrogens with zero attached hydrogens (tertiary/aromatic N) is 5. The van der Waals surface area contributed by atoms with E-state index in [1.807, 2.05) is 46.8 Å². The van der Waals surface area contributed by atoms with E-state index in [-0.39, 0.29) is 30.6 Å². The van der Waals surface area contributed by atoms with E-state index in [9.17, 15) is 10.3 Å². The van der Waals surface area contributed by atoms with E-state index in [2.05, 4.69) is 45.3 Å². The van der Waals surface area contributed by atoms with Crippen LogP contribution in [0.5, 0.6) is 5.75 Å². The van der Waals surface area contributed by atoms with E-state index < -0.39 is 11.7 Å². The largest absolute Gasteiger partial charge is 0.490 e. The van der Waals surface area contributed by atoms with E-state index in [4.69, 9.17) is 28.4 Å². The van der Waals surface area contributed by atoms with Gasteiger partial charge in [-0.1, -0.05) is 35.4 Å². The van der Waals surface area contributed by atoms with Crippen molar-refractivity contribution in [1.82, 2.24) is 4.90 Å². The molecule has 2 heterocycles. The van der Waals surface area contributed by atoms with E-state index in [0.717, 1.165) is 47.6 Å². The SMILES string of the molecule is CCO[C@H](C)COCc1ccc([C@H]2[C@H](CN=[N+]=[N-])CN(C(=O)OC(C)(C)C)C[C@@H]2OCc2ccc3c(c2)N(CCCOC)CCO3)cc1. The zero-order chi connectivity index (χ0) is 34.5. The number of fused-ring (bicyclic) bond motifs is 1. The van der Waals surface area contributed by atoms with Crippen molar-refractivity contribution in [2.45, 2.75) is 78.0 Å². The molecule has 12 nitrogen and oxygen atoms in total. The molecule has 2 aromatic carbocycles. The van der Waals surface area contributed by atoms with Crippen LogP contribution in [0.3, 0.4) is 0 Å². The topological polar surface area (TPSA) is 128 Å². The summed E-state index contributed by atoms with van der Waals surface area (Å²) >= 11 is 0. The summed E-state index contributed by atoms with van der Waals surface area (Å²) in [5, 5.41) is 3.96. The van der Waals surface area contributed by atoms with Crippen LogP contribution in [0.4, 0.5) is 10.5 Å². The maximum absolute atomic E-state index is 13.3. The van der Waals surface area contributed by atoms with E-state index in [0.29, 0.717) is 52.7 Å². The van der Waals surface area contributed by atoms with Crippen molar-refractivity contribution in [2.75, 3.05) is 71.2 Å². The molecule has 4 rings (SSSR count). The molecule has 4 atom stereocenters. The Morgan fingerprint density at radius 1 is 1.12 bits per heavy atom. The molecule has 2 aromatic rings. The smallest absolute Gasteiger partial charge is 0.410 e. The summed E-state index contributed by atoms with van der Waals surface area (Å²) in [6, 6.07) is 14.5. The molecule has 48 heavy (non-hydrogen) atoms. The zero-order valence-electron chi connectivity index (χ0n) is 29.4.